The summed E-state index contributed by atoms with van der Waals surface area (Å²) in [7, 11) is 0. The third kappa shape index (κ3) is 4.53. The maximum Gasteiger partial charge on any atom is 0.301 e. The van der Waals surface area contributed by atoms with E-state index in [1.165, 1.54) is 4.90 Å². The molecule has 170 valence electrons. The predicted molar refractivity (Wildman–Crippen MR) is 124 cm³/mol. The van der Waals surface area contributed by atoms with Crippen LogP contribution < -0.4 is 9.64 Å². The molecule has 1 saturated heterocycles. The van der Waals surface area contributed by atoms with Gasteiger partial charge in [0.25, 0.3) is 5.78 Å². The van der Waals surface area contributed by atoms with Crippen molar-refractivity contribution < 1.29 is 24.0 Å². The number of ketones is 1. The van der Waals surface area contributed by atoms with Crippen LogP contribution >= 0.6 is 0 Å². The smallest absolute Gasteiger partial charge is 0.301 e. The Morgan fingerprint density at radius 2 is 1.82 bits per heavy atom. The van der Waals surface area contributed by atoms with Crippen LogP contribution in [0.4, 0.5) is 5.82 Å². The maximum atomic E-state index is 13.1. The third-order valence-corrected chi connectivity index (χ3v) is 5.57. The zero-order valence-corrected chi connectivity index (χ0v) is 18.7. The first kappa shape index (κ1) is 22.3. The fourth-order valence-electron chi connectivity index (χ4n) is 3.89. The van der Waals surface area contributed by atoms with E-state index in [4.69, 9.17) is 9.26 Å². The van der Waals surface area contributed by atoms with Crippen LogP contribution in [0.15, 0.2) is 70.8 Å². The molecule has 0 aliphatic carbocycles. The largest absolute Gasteiger partial charge is 0.507 e. The van der Waals surface area contributed by atoms with E-state index in [0.717, 1.165) is 19.3 Å². The SMILES string of the molecule is CCCCCOc1ccc([C@@H]2/C(=C(\O)c3ccccc3)C(=O)C(=O)N2c2cc(C)on2)cc1. The van der Waals surface area contributed by atoms with Crippen LogP contribution in [0.3, 0.4) is 0 Å². The summed E-state index contributed by atoms with van der Waals surface area (Å²) in [5.74, 6) is -0.364. The molecule has 7 heteroatoms. The molecule has 0 bridgehead atoms. The van der Waals surface area contributed by atoms with E-state index in [0.29, 0.717) is 29.2 Å². The molecule has 1 aromatic heterocycles. The molecule has 7 nitrogen and oxygen atoms in total. The van der Waals surface area contributed by atoms with Crippen molar-refractivity contribution in [3.63, 3.8) is 0 Å². The molecule has 1 aliphatic heterocycles. The maximum absolute atomic E-state index is 13.1. The number of amides is 1. The van der Waals surface area contributed by atoms with Gasteiger partial charge in [-0.1, -0.05) is 67.4 Å². The normalized spacial score (nSPS) is 17.5. The molecule has 0 saturated carbocycles. The van der Waals surface area contributed by atoms with Crippen molar-refractivity contribution in [2.75, 3.05) is 11.5 Å². The molecule has 1 atom stereocenters. The van der Waals surface area contributed by atoms with Gasteiger partial charge in [0.2, 0.25) is 0 Å². The number of hydrogen-bond acceptors (Lipinski definition) is 6. The van der Waals surface area contributed by atoms with Crippen molar-refractivity contribution in [3.05, 3.63) is 83.1 Å². The lowest BCUT2D eigenvalue weighted by Crippen LogP contribution is -2.29. The standard InChI is InChI=1S/C26H26N2O5/c1-3-4-8-15-32-20-13-11-18(12-14-20)23-22(24(29)19-9-6-5-7-10-19)25(30)26(31)28(23)21-16-17(2)33-27-21/h5-7,9-14,16,23,29H,3-4,8,15H2,1-2H3/b24-22+/t23-/m1/s1. The molecule has 0 spiro atoms. The van der Waals surface area contributed by atoms with E-state index in [-0.39, 0.29) is 17.2 Å². The van der Waals surface area contributed by atoms with Gasteiger partial charge in [-0.2, -0.15) is 0 Å². The van der Waals surface area contributed by atoms with Gasteiger partial charge in [0.15, 0.2) is 5.82 Å². The first-order chi connectivity index (χ1) is 16.0. The van der Waals surface area contributed by atoms with Gasteiger partial charge in [-0.15, -0.1) is 0 Å². The number of aliphatic hydroxyl groups excluding tert-OH is 1. The molecule has 0 radical (unpaired) electrons. The minimum atomic E-state index is -0.858. The highest BCUT2D eigenvalue weighted by molar-refractivity contribution is 6.51. The molecule has 2 aromatic carbocycles. The van der Waals surface area contributed by atoms with Gasteiger partial charge in [0.1, 0.15) is 17.3 Å². The zero-order valence-electron chi connectivity index (χ0n) is 18.7. The van der Waals surface area contributed by atoms with Gasteiger partial charge in [-0.05, 0) is 31.0 Å². The first-order valence-corrected chi connectivity index (χ1v) is 11.0. The number of benzene rings is 2. The number of Topliss-reactive ketones (excluding diaryl/α,β-unsaturated/α-hetero) is 1. The lowest BCUT2D eigenvalue weighted by atomic mass is 9.95. The average Bonchev–Trinajstić information content (AvgIpc) is 3.38. The highest BCUT2D eigenvalue weighted by Gasteiger charge is 2.48. The van der Waals surface area contributed by atoms with Crippen molar-refractivity contribution in [3.8, 4) is 5.75 Å². The molecule has 0 unspecified atom stereocenters. The van der Waals surface area contributed by atoms with Crippen molar-refractivity contribution in [1.29, 1.82) is 0 Å². The number of aliphatic hydroxyl groups is 1. The zero-order chi connectivity index (χ0) is 23.4. The summed E-state index contributed by atoms with van der Waals surface area (Å²) in [4.78, 5) is 27.4. The number of aryl methyl sites for hydroxylation is 1. The number of hydrogen-bond donors (Lipinski definition) is 1. The number of carbonyl (C=O) groups is 2. The Labute approximate surface area is 192 Å². The molecule has 1 N–H and O–H groups in total. The Kier molecular flexibility index (Phi) is 6.58. The van der Waals surface area contributed by atoms with Gasteiger partial charge in [-0.25, -0.2) is 0 Å². The average molecular weight is 447 g/mol. The lowest BCUT2D eigenvalue weighted by Gasteiger charge is -2.23. The molecular weight excluding hydrogens is 420 g/mol. The highest BCUT2D eigenvalue weighted by atomic mass is 16.5. The quantitative estimate of drug-likeness (QED) is 0.222. The van der Waals surface area contributed by atoms with Gasteiger partial charge in [0, 0.05) is 11.6 Å². The number of anilines is 1. The van der Waals surface area contributed by atoms with Crippen LogP contribution in [-0.2, 0) is 9.59 Å². The Hall–Kier alpha value is -3.87. The van der Waals surface area contributed by atoms with Gasteiger partial charge >= 0.3 is 5.91 Å². The van der Waals surface area contributed by atoms with Crippen LogP contribution in [0.1, 0.15) is 49.1 Å². The molecule has 3 aromatic rings. The summed E-state index contributed by atoms with van der Waals surface area (Å²) in [6, 6.07) is 16.6. The fraction of sp³-hybridized carbons (Fsp3) is 0.269. The van der Waals surface area contributed by atoms with Crippen molar-refractivity contribution in [1.82, 2.24) is 5.16 Å². The molecule has 2 heterocycles. The summed E-state index contributed by atoms with van der Waals surface area (Å²) in [6.07, 6.45) is 3.19. The van der Waals surface area contributed by atoms with E-state index in [2.05, 4.69) is 12.1 Å². The van der Waals surface area contributed by atoms with Crippen LogP contribution in [0, 0.1) is 6.92 Å². The van der Waals surface area contributed by atoms with Gasteiger partial charge in [-0.3, -0.25) is 14.5 Å². The minimum absolute atomic E-state index is 0.00321. The summed E-state index contributed by atoms with van der Waals surface area (Å²) < 4.78 is 10.9. The van der Waals surface area contributed by atoms with Crippen LogP contribution in [-0.4, -0.2) is 28.6 Å². The fourth-order valence-corrected chi connectivity index (χ4v) is 3.89. The van der Waals surface area contributed by atoms with Crippen LogP contribution in [0.2, 0.25) is 0 Å². The molecule has 1 aliphatic rings. The number of aromatic nitrogens is 1. The molecular formula is C26H26N2O5. The molecule has 33 heavy (non-hydrogen) atoms. The van der Waals surface area contributed by atoms with Crippen LogP contribution in [0.5, 0.6) is 5.75 Å². The Balaban J connectivity index is 1.75. The summed E-state index contributed by atoms with van der Waals surface area (Å²) in [5, 5.41) is 15.0. The van der Waals surface area contributed by atoms with E-state index >= 15 is 0 Å². The topological polar surface area (TPSA) is 92.9 Å². The third-order valence-electron chi connectivity index (χ3n) is 5.57. The monoisotopic (exact) mass is 446 g/mol. The Morgan fingerprint density at radius 3 is 2.45 bits per heavy atom. The van der Waals surface area contributed by atoms with Crippen molar-refractivity contribution >= 4 is 23.3 Å². The second kappa shape index (κ2) is 9.73. The summed E-state index contributed by atoms with van der Waals surface area (Å²) in [5.41, 5.74) is 1.10. The second-order valence-corrected chi connectivity index (χ2v) is 7.96. The number of ether oxygens (including phenoxy) is 1. The summed E-state index contributed by atoms with van der Waals surface area (Å²) in [6.45, 7) is 4.46. The highest BCUT2D eigenvalue weighted by Crippen LogP contribution is 2.42. The number of carbonyl (C=O) groups excluding carboxylic acids is 2. The first-order valence-electron chi connectivity index (χ1n) is 11.0. The number of rotatable bonds is 8. The van der Waals surface area contributed by atoms with Gasteiger partial charge < -0.3 is 14.4 Å². The second-order valence-electron chi connectivity index (χ2n) is 7.96. The number of unbranched alkanes of at least 4 members (excludes halogenated alkanes) is 2. The summed E-state index contributed by atoms with van der Waals surface area (Å²) >= 11 is 0. The van der Waals surface area contributed by atoms with Crippen molar-refractivity contribution in [2.24, 2.45) is 0 Å². The van der Waals surface area contributed by atoms with E-state index in [1.807, 2.05) is 6.07 Å². The number of nitrogens with zero attached hydrogens (tertiary/aromatic N) is 2. The van der Waals surface area contributed by atoms with E-state index < -0.39 is 17.7 Å². The Morgan fingerprint density at radius 1 is 1.09 bits per heavy atom. The molecule has 1 fully saturated rings. The minimum Gasteiger partial charge on any atom is -0.507 e. The molecule has 1 amide bonds. The van der Waals surface area contributed by atoms with Gasteiger partial charge in [0.05, 0.1) is 18.2 Å². The van der Waals surface area contributed by atoms with E-state index in [1.54, 1.807) is 61.5 Å². The Bertz CT molecular complexity index is 1160. The molecule has 4 rings (SSSR count). The van der Waals surface area contributed by atoms with Crippen molar-refractivity contribution in [2.45, 2.75) is 39.2 Å². The predicted octanol–water partition coefficient (Wildman–Crippen LogP) is 5.18. The van der Waals surface area contributed by atoms with E-state index in [9.17, 15) is 14.7 Å². The lowest BCUT2D eigenvalue weighted by molar-refractivity contribution is -0.132. The van der Waals surface area contributed by atoms with Crippen LogP contribution in [0.25, 0.3) is 5.76 Å².